The fraction of sp³-hybridized carbons (Fsp3) is 0.351. The molecule has 2 amide bonds. The maximum Gasteiger partial charge on any atom is 0.416 e. The summed E-state index contributed by atoms with van der Waals surface area (Å²) < 4.78 is 52.9. The van der Waals surface area contributed by atoms with Crippen molar-refractivity contribution in [2.75, 3.05) is 25.6 Å². The van der Waals surface area contributed by atoms with E-state index in [2.05, 4.69) is 23.8 Å². The van der Waals surface area contributed by atoms with Crippen LogP contribution in [-0.4, -0.2) is 55.4 Å². The van der Waals surface area contributed by atoms with Crippen molar-refractivity contribution in [3.63, 3.8) is 0 Å². The summed E-state index contributed by atoms with van der Waals surface area (Å²) in [5, 5.41) is 6.06. The molecule has 2 atom stereocenters. The summed E-state index contributed by atoms with van der Waals surface area (Å²) in [4.78, 5) is 26.5. The molecule has 0 radical (unpaired) electrons. The van der Waals surface area contributed by atoms with Gasteiger partial charge >= 0.3 is 6.18 Å². The number of nitrogens with zero attached hydrogens (tertiary/aromatic N) is 1. The minimum absolute atomic E-state index is 0.182. The molecule has 1 aromatic rings. The molecule has 0 aliphatic carbocycles. The van der Waals surface area contributed by atoms with Gasteiger partial charge in [0.25, 0.3) is 5.91 Å². The fourth-order valence-electron chi connectivity index (χ4n) is 4.39. The Kier molecular flexibility index (Phi) is 17.1. The Hall–Kier alpha value is -4.57. The number of benzene rings is 1. The van der Waals surface area contributed by atoms with Crippen LogP contribution in [0.5, 0.6) is 0 Å². The van der Waals surface area contributed by atoms with Crippen LogP contribution in [0.15, 0.2) is 120 Å². The lowest BCUT2D eigenvalue weighted by Gasteiger charge is -2.39. The predicted octanol–water partition coefficient (Wildman–Crippen LogP) is 8.56. The first kappa shape index (κ1) is 40.5. The van der Waals surface area contributed by atoms with E-state index in [0.717, 1.165) is 17.7 Å². The summed E-state index contributed by atoms with van der Waals surface area (Å²) in [6.45, 7) is 19.5. The zero-order valence-electron chi connectivity index (χ0n) is 28.6. The van der Waals surface area contributed by atoms with Crippen LogP contribution in [0.1, 0.15) is 58.8 Å². The highest BCUT2D eigenvalue weighted by atomic mass is 19.4. The van der Waals surface area contributed by atoms with Gasteiger partial charge in [-0.25, -0.2) is 0 Å². The number of ether oxygens (including phenoxy) is 2. The van der Waals surface area contributed by atoms with Crippen LogP contribution in [0.4, 0.5) is 18.9 Å². The molecule has 2 N–H and O–H groups in total. The second kappa shape index (κ2) is 19.8. The van der Waals surface area contributed by atoms with Gasteiger partial charge in [0, 0.05) is 24.9 Å². The number of hydrogen-bond donors (Lipinski definition) is 2. The minimum Gasteiger partial charge on any atom is -0.501 e. The van der Waals surface area contributed by atoms with E-state index in [4.69, 9.17) is 9.47 Å². The summed E-state index contributed by atoms with van der Waals surface area (Å²) in [7, 11) is 1.52. The van der Waals surface area contributed by atoms with Gasteiger partial charge in [0.05, 0.1) is 36.7 Å². The van der Waals surface area contributed by atoms with Crippen molar-refractivity contribution in [3.8, 4) is 0 Å². The monoisotopic (exact) mass is 655 g/mol. The number of carbonyl (C=O) groups is 2. The molecule has 2 unspecified atom stereocenters. The number of allylic oxidation sites excluding steroid dienone is 7. The summed E-state index contributed by atoms with van der Waals surface area (Å²) >= 11 is 0. The standard InChI is InChI=1S/C35H42F3N3O4.C2H6/c1-9-27(31(11-3)35(36,37)38)21-41-33(40-32-15-13-12-14-30(32)34(41)43)28(18-16-24(5)44-8)20-23(4)22-45-25(6)17-19-29(10-2)39-26(7)42;1-2/h9-20,25,33,40H,1,3,21-22H2,2,4-8H3,(H,39,42);1-2H3/b19-17-,23-20+,24-16+,28-18+,29-10+,31-27-;. The van der Waals surface area contributed by atoms with E-state index >= 15 is 0 Å². The molecule has 2 rings (SSSR count). The molecule has 0 aromatic heterocycles. The molecule has 0 saturated carbocycles. The second-order valence-electron chi connectivity index (χ2n) is 10.3. The molecular formula is C37H48F3N3O4. The average Bonchev–Trinajstić information content (AvgIpc) is 3.04. The zero-order valence-corrected chi connectivity index (χ0v) is 28.6. The number of anilines is 1. The molecule has 7 nitrogen and oxygen atoms in total. The fourth-order valence-corrected chi connectivity index (χ4v) is 4.39. The molecule has 256 valence electrons. The normalized spacial score (nSPS) is 17.1. The smallest absolute Gasteiger partial charge is 0.416 e. The Morgan fingerprint density at radius 1 is 1.13 bits per heavy atom. The quantitative estimate of drug-likeness (QED) is 0.155. The number of para-hydroxylation sites is 1. The van der Waals surface area contributed by atoms with Crippen LogP contribution in [-0.2, 0) is 14.3 Å². The lowest BCUT2D eigenvalue weighted by atomic mass is 9.99. The molecular weight excluding hydrogens is 607 g/mol. The molecule has 0 saturated heterocycles. The van der Waals surface area contributed by atoms with E-state index in [-0.39, 0.29) is 30.7 Å². The first-order chi connectivity index (χ1) is 22.2. The minimum atomic E-state index is -4.68. The highest BCUT2D eigenvalue weighted by Crippen LogP contribution is 2.33. The molecule has 0 fully saturated rings. The van der Waals surface area contributed by atoms with Gasteiger partial charge in [0.1, 0.15) is 6.17 Å². The first-order valence-corrected chi connectivity index (χ1v) is 15.3. The Balaban J connectivity index is 0.00000541. The summed E-state index contributed by atoms with van der Waals surface area (Å²) in [5.41, 5.74) is 1.73. The highest BCUT2D eigenvalue weighted by Gasteiger charge is 2.37. The van der Waals surface area contributed by atoms with E-state index < -0.39 is 23.8 Å². The lowest BCUT2D eigenvalue weighted by molar-refractivity contribution is -0.118. The second-order valence-corrected chi connectivity index (χ2v) is 10.3. The molecule has 1 aliphatic rings. The molecule has 0 spiro atoms. The number of hydrogen-bond acceptors (Lipinski definition) is 5. The average molecular weight is 656 g/mol. The SMILES string of the molecule is C=C/C(CN1C(=O)c2ccccc2NC1C(/C=C(\C)COC(C)/C=C\C(=C/C)NC(C)=O)=C/C=C(\C)OC)=C(\C=C)C(F)(F)F.CC. The van der Waals surface area contributed by atoms with E-state index in [1.165, 1.54) is 18.9 Å². The van der Waals surface area contributed by atoms with Crippen molar-refractivity contribution in [1.82, 2.24) is 10.2 Å². The van der Waals surface area contributed by atoms with Crippen molar-refractivity contribution >= 4 is 17.5 Å². The van der Waals surface area contributed by atoms with Crippen LogP contribution in [0, 0.1) is 0 Å². The molecule has 47 heavy (non-hydrogen) atoms. The van der Waals surface area contributed by atoms with Crippen molar-refractivity contribution < 1.29 is 32.2 Å². The lowest BCUT2D eigenvalue weighted by Crippen LogP contribution is -2.50. The van der Waals surface area contributed by atoms with Gasteiger partial charge < -0.3 is 25.0 Å². The van der Waals surface area contributed by atoms with Crippen LogP contribution >= 0.6 is 0 Å². The van der Waals surface area contributed by atoms with Crippen LogP contribution in [0.3, 0.4) is 0 Å². The topological polar surface area (TPSA) is 79.9 Å². The maximum atomic E-state index is 13.9. The maximum absolute atomic E-state index is 13.9. The van der Waals surface area contributed by atoms with E-state index in [9.17, 15) is 22.8 Å². The van der Waals surface area contributed by atoms with Gasteiger partial charge in [0.2, 0.25) is 5.91 Å². The van der Waals surface area contributed by atoms with Crippen molar-refractivity contribution in [1.29, 1.82) is 0 Å². The number of alkyl halides is 3. The number of rotatable bonds is 14. The van der Waals surface area contributed by atoms with Crippen LogP contribution in [0.25, 0.3) is 0 Å². The molecule has 10 heteroatoms. The Morgan fingerprint density at radius 3 is 2.34 bits per heavy atom. The number of carbonyl (C=O) groups excluding carboxylic acids is 2. The van der Waals surface area contributed by atoms with Crippen molar-refractivity contribution in [2.45, 2.75) is 66.9 Å². The van der Waals surface area contributed by atoms with E-state index in [1.54, 1.807) is 61.6 Å². The summed E-state index contributed by atoms with van der Waals surface area (Å²) in [5.74, 6) is -0.0459. The molecule has 0 bridgehead atoms. The van der Waals surface area contributed by atoms with Gasteiger partial charge in [-0.1, -0.05) is 75.6 Å². The van der Waals surface area contributed by atoms with Crippen LogP contribution in [0.2, 0.25) is 0 Å². The van der Waals surface area contributed by atoms with Gasteiger partial charge in [-0.3, -0.25) is 9.59 Å². The highest BCUT2D eigenvalue weighted by molar-refractivity contribution is 6.02. The van der Waals surface area contributed by atoms with Gasteiger partial charge in [-0.15, -0.1) is 0 Å². The summed E-state index contributed by atoms with van der Waals surface area (Å²) in [6.07, 6.45) is 6.60. The summed E-state index contributed by atoms with van der Waals surface area (Å²) in [6, 6.07) is 6.83. The molecule has 1 aromatic carbocycles. The number of methoxy groups -OCH3 is 1. The molecule has 1 heterocycles. The zero-order chi connectivity index (χ0) is 35.7. The van der Waals surface area contributed by atoms with E-state index in [0.29, 0.717) is 28.3 Å². The Labute approximate surface area is 277 Å². The third kappa shape index (κ3) is 12.6. The van der Waals surface area contributed by atoms with Crippen molar-refractivity contribution in [3.05, 3.63) is 125 Å². The third-order valence-corrected chi connectivity index (χ3v) is 6.78. The van der Waals surface area contributed by atoms with Gasteiger partial charge in [-0.2, -0.15) is 13.2 Å². The number of fused-ring (bicyclic) bond motifs is 1. The first-order valence-electron chi connectivity index (χ1n) is 15.3. The van der Waals surface area contributed by atoms with Crippen LogP contribution < -0.4 is 10.6 Å². The Bertz CT molecular complexity index is 1450. The van der Waals surface area contributed by atoms with E-state index in [1.807, 2.05) is 40.7 Å². The predicted molar refractivity (Wildman–Crippen MR) is 184 cm³/mol. The number of amides is 2. The Morgan fingerprint density at radius 2 is 1.79 bits per heavy atom. The molecule has 1 aliphatic heterocycles. The third-order valence-electron chi connectivity index (χ3n) is 6.78. The van der Waals surface area contributed by atoms with Gasteiger partial charge in [0.15, 0.2) is 0 Å². The number of halogens is 3. The van der Waals surface area contributed by atoms with Gasteiger partial charge in [-0.05, 0) is 68.7 Å². The largest absolute Gasteiger partial charge is 0.501 e. The van der Waals surface area contributed by atoms with Crippen molar-refractivity contribution in [2.24, 2.45) is 0 Å². The number of nitrogens with one attached hydrogen (secondary N) is 2.